The lowest BCUT2D eigenvalue weighted by Crippen LogP contribution is -2.38. The number of nitrogens with one attached hydrogen (secondary N) is 1. The smallest absolute Gasteiger partial charge is 0.0507 e. The van der Waals surface area contributed by atoms with E-state index in [0.29, 0.717) is 12.0 Å². The molecule has 1 saturated carbocycles. The van der Waals surface area contributed by atoms with Crippen LogP contribution in [0.5, 0.6) is 0 Å². The predicted octanol–water partition coefficient (Wildman–Crippen LogP) is 3.45. The van der Waals surface area contributed by atoms with Gasteiger partial charge in [0.15, 0.2) is 0 Å². The number of methoxy groups -OCH3 is 1. The molecular formula is C17H25ClN2O. The lowest BCUT2D eigenvalue weighted by molar-refractivity contribution is 0.143. The van der Waals surface area contributed by atoms with Crippen molar-refractivity contribution >= 4 is 17.3 Å². The topological polar surface area (TPSA) is 24.5 Å². The fourth-order valence-electron chi connectivity index (χ4n) is 3.21. The largest absolute Gasteiger partial charge is 0.384 e. The molecule has 1 unspecified atom stereocenters. The van der Waals surface area contributed by atoms with Crippen LogP contribution in [0.1, 0.15) is 31.2 Å². The van der Waals surface area contributed by atoms with Crippen molar-refractivity contribution in [1.29, 1.82) is 0 Å². The summed E-state index contributed by atoms with van der Waals surface area (Å²) in [6.07, 6.45) is 5.11. The maximum Gasteiger partial charge on any atom is 0.0507 e. The van der Waals surface area contributed by atoms with Gasteiger partial charge in [0.25, 0.3) is 0 Å². The number of halogens is 1. The third-order valence-corrected chi connectivity index (χ3v) is 4.86. The number of rotatable bonds is 6. The minimum absolute atomic E-state index is 0.631. The van der Waals surface area contributed by atoms with E-state index in [2.05, 4.69) is 22.3 Å². The van der Waals surface area contributed by atoms with Crippen LogP contribution in [-0.2, 0) is 11.3 Å². The summed E-state index contributed by atoms with van der Waals surface area (Å²) < 4.78 is 5.34. The van der Waals surface area contributed by atoms with Gasteiger partial charge in [-0.25, -0.2) is 0 Å². The Bertz CT molecular complexity index is 474. The third kappa shape index (κ3) is 3.91. The lowest BCUT2D eigenvalue weighted by atomic mass is 9.97. The third-order valence-electron chi connectivity index (χ3n) is 4.50. The van der Waals surface area contributed by atoms with Gasteiger partial charge in [-0.1, -0.05) is 17.7 Å². The van der Waals surface area contributed by atoms with Gasteiger partial charge in [-0.2, -0.15) is 0 Å². The van der Waals surface area contributed by atoms with Gasteiger partial charge >= 0.3 is 0 Å². The number of hydrogen-bond donors (Lipinski definition) is 1. The van der Waals surface area contributed by atoms with Crippen molar-refractivity contribution in [2.45, 2.75) is 38.3 Å². The van der Waals surface area contributed by atoms with E-state index in [-0.39, 0.29) is 0 Å². The molecule has 2 fully saturated rings. The first kappa shape index (κ1) is 15.1. The molecule has 21 heavy (non-hydrogen) atoms. The summed E-state index contributed by atoms with van der Waals surface area (Å²) in [5, 5.41) is 4.48. The molecule has 0 bridgehead atoms. The summed E-state index contributed by atoms with van der Waals surface area (Å²) in [6.45, 7) is 3.93. The summed E-state index contributed by atoms with van der Waals surface area (Å²) in [5.74, 6) is 0.631. The van der Waals surface area contributed by atoms with Gasteiger partial charge in [-0.3, -0.25) is 0 Å². The molecule has 0 amide bonds. The highest BCUT2D eigenvalue weighted by molar-refractivity contribution is 6.31. The maximum absolute atomic E-state index is 6.46. The summed E-state index contributed by atoms with van der Waals surface area (Å²) in [7, 11) is 1.79. The van der Waals surface area contributed by atoms with Gasteiger partial charge in [0.1, 0.15) is 0 Å². The zero-order valence-electron chi connectivity index (χ0n) is 12.8. The molecule has 1 aromatic carbocycles. The van der Waals surface area contributed by atoms with Crippen molar-refractivity contribution in [3.05, 3.63) is 28.8 Å². The number of benzene rings is 1. The van der Waals surface area contributed by atoms with Gasteiger partial charge in [-0.05, 0) is 43.7 Å². The van der Waals surface area contributed by atoms with Crippen LogP contribution in [0.2, 0.25) is 5.02 Å². The van der Waals surface area contributed by atoms with Crippen LogP contribution < -0.4 is 10.2 Å². The molecule has 4 heteroatoms. The van der Waals surface area contributed by atoms with E-state index in [1.165, 1.54) is 36.9 Å². The second-order valence-corrected chi connectivity index (χ2v) is 6.71. The Morgan fingerprint density at radius 2 is 2.19 bits per heavy atom. The Morgan fingerprint density at radius 3 is 2.95 bits per heavy atom. The number of piperidine rings is 1. The number of nitrogens with zero attached hydrogens (tertiary/aromatic N) is 1. The second-order valence-electron chi connectivity index (χ2n) is 6.30. The van der Waals surface area contributed by atoms with Crippen molar-refractivity contribution in [1.82, 2.24) is 5.32 Å². The Hall–Kier alpha value is -0.770. The van der Waals surface area contributed by atoms with Gasteiger partial charge in [0.2, 0.25) is 0 Å². The fraction of sp³-hybridized carbons (Fsp3) is 0.647. The highest BCUT2D eigenvalue weighted by atomic mass is 35.5. The molecule has 116 valence electrons. The SMILES string of the molecule is COCC1CCCN(c2cccc(Cl)c2CNC2CC2)C1. The van der Waals surface area contributed by atoms with E-state index in [0.717, 1.165) is 31.3 Å². The van der Waals surface area contributed by atoms with Crippen LogP contribution in [0.15, 0.2) is 18.2 Å². The van der Waals surface area contributed by atoms with Crippen molar-refractivity contribution in [2.24, 2.45) is 5.92 Å². The monoisotopic (exact) mass is 308 g/mol. The van der Waals surface area contributed by atoms with E-state index in [9.17, 15) is 0 Å². The Kier molecular flexibility index (Phi) is 5.04. The van der Waals surface area contributed by atoms with Crippen molar-refractivity contribution in [2.75, 3.05) is 31.7 Å². The maximum atomic E-state index is 6.46. The lowest BCUT2D eigenvalue weighted by Gasteiger charge is -2.35. The van der Waals surface area contributed by atoms with Gasteiger partial charge in [0, 0.05) is 49.1 Å². The molecule has 3 rings (SSSR count). The van der Waals surface area contributed by atoms with Gasteiger partial charge in [0.05, 0.1) is 6.61 Å². The molecule has 0 aromatic heterocycles. The number of ether oxygens (including phenoxy) is 1. The van der Waals surface area contributed by atoms with E-state index in [1.807, 2.05) is 6.07 Å². The molecule has 1 heterocycles. The molecule has 1 N–H and O–H groups in total. The fourth-order valence-corrected chi connectivity index (χ4v) is 3.44. The zero-order chi connectivity index (χ0) is 14.7. The van der Waals surface area contributed by atoms with Crippen LogP contribution in [0.3, 0.4) is 0 Å². The van der Waals surface area contributed by atoms with Gasteiger partial charge < -0.3 is 15.0 Å². The number of hydrogen-bond acceptors (Lipinski definition) is 3. The van der Waals surface area contributed by atoms with Crippen LogP contribution in [0.25, 0.3) is 0 Å². The Balaban J connectivity index is 1.74. The standard InChI is InChI=1S/C17H25ClN2O/c1-21-12-13-4-3-9-20(11-13)17-6-2-5-16(18)15(17)10-19-14-7-8-14/h2,5-6,13-14,19H,3-4,7-12H2,1H3. The van der Waals surface area contributed by atoms with Crippen molar-refractivity contribution < 1.29 is 4.74 Å². The van der Waals surface area contributed by atoms with Crippen LogP contribution >= 0.6 is 11.6 Å². The normalized spacial score (nSPS) is 22.6. The highest BCUT2D eigenvalue weighted by Gasteiger charge is 2.24. The molecule has 1 aliphatic carbocycles. The molecule has 1 atom stereocenters. The molecule has 0 spiro atoms. The summed E-state index contributed by atoms with van der Waals surface area (Å²) in [4.78, 5) is 2.49. The summed E-state index contributed by atoms with van der Waals surface area (Å²) >= 11 is 6.46. The molecule has 3 nitrogen and oxygen atoms in total. The molecule has 1 saturated heterocycles. The minimum atomic E-state index is 0.631. The highest BCUT2D eigenvalue weighted by Crippen LogP contribution is 2.32. The average Bonchev–Trinajstić information content (AvgIpc) is 3.31. The van der Waals surface area contributed by atoms with E-state index in [1.54, 1.807) is 7.11 Å². The van der Waals surface area contributed by atoms with Crippen molar-refractivity contribution in [3.8, 4) is 0 Å². The molecule has 1 aromatic rings. The predicted molar refractivity (Wildman–Crippen MR) is 88.1 cm³/mol. The quantitative estimate of drug-likeness (QED) is 0.871. The molecule has 2 aliphatic rings. The first-order valence-electron chi connectivity index (χ1n) is 8.02. The second kappa shape index (κ2) is 6.99. The van der Waals surface area contributed by atoms with Crippen LogP contribution in [0.4, 0.5) is 5.69 Å². The van der Waals surface area contributed by atoms with E-state index in [4.69, 9.17) is 16.3 Å². The molecule has 1 aliphatic heterocycles. The average molecular weight is 309 g/mol. The van der Waals surface area contributed by atoms with E-state index < -0.39 is 0 Å². The minimum Gasteiger partial charge on any atom is -0.384 e. The molecular weight excluding hydrogens is 284 g/mol. The Morgan fingerprint density at radius 1 is 1.33 bits per heavy atom. The first-order valence-corrected chi connectivity index (χ1v) is 8.40. The number of anilines is 1. The Labute approximate surface area is 132 Å². The summed E-state index contributed by atoms with van der Waals surface area (Å²) in [5.41, 5.74) is 2.56. The van der Waals surface area contributed by atoms with Crippen LogP contribution in [0, 0.1) is 5.92 Å². The van der Waals surface area contributed by atoms with E-state index >= 15 is 0 Å². The summed E-state index contributed by atoms with van der Waals surface area (Å²) in [6, 6.07) is 6.99. The zero-order valence-corrected chi connectivity index (χ0v) is 13.5. The first-order chi connectivity index (χ1) is 10.3. The van der Waals surface area contributed by atoms with Crippen molar-refractivity contribution in [3.63, 3.8) is 0 Å². The van der Waals surface area contributed by atoms with Gasteiger partial charge in [-0.15, -0.1) is 0 Å². The van der Waals surface area contributed by atoms with Crippen LogP contribution in [-0.4, -0.2) is 32.8 Å². The molecule has 0 radical (unpaired) electrons.